The minimum Gasteiger partial charge on any atom is -0.355 e. The van der Waals surface area contributed by atoms with Gasteiger partial charge in [0.2, 0.25) is 5.96 Å². The molecule has 15 heavy (non-hydrogen) atoms. The van der Waals surface area contributed by atoms with Gasteiger partial charge in [0.05, 0.1) is 0 Å². The van der Waals surface area contributed by atoms with Crippen molar-refractivity contribution >= 4 is 5.96 Å². The quantitative estimate of drug-likeness (QED) is 0.173. The van der Waals surface area contributed by atoms with Crippen LogP contribution in [0.5, 0.6) is 0 Å². The van der Waals surface area contributed by atoms with E-state index in [1.807, 2.05) is 0 Å². The summed E-state index contributed by atoms with van der Waals surface area (Å²) in [4.78, 5) is 8.14. The number of aliphatic imine (C=N–C) groups is 1. The minimum atomic E-state index is 0.429. The molecule has 0 aliphatic carbocycles. The van der Waals surface area contributed by atoms with Crippen LogP contribution in [0.25, 0.3) is 0 Å². The summed E-state index contributed by atoms with van der Waals surface area (Å²) < 4.78 is 0. The van der Waals surface area contributed by atoms with Gasteiger partial charge in [0, 0.05) is 6.54 Å². The number of unbranched alkanes of at least 4 members (excludes halogenated alkanes) is 1. The molecule has 0 saturated carbocycles. The molecule has 0 aliphatic heterocycles. The van der Waals surface area contributed by atoms with Gasteiger partial charge in [-0.15, -0.1) is 0 Å². The Bertz CT molecular complexity index is 279. The van der Waals surface area contributed by atoms with Gasteiger partial charge in [-0.2, -0.15) is 5.10 Å². The van der Waals surface area contributed by atoms with Gasteiger partial charge in [-0.3, -0.25) is 10.5 Å². The zero-order valence-corrected chi connectivity index (χ0v) is 8.82. The summed E-state index contributed by atoms with van der Waals surface area (Å²) in [7, 11) is 0. The summed E-state index contributed by atoms with van der Waals surface area (Å²) in [6.45, 7) is 3.41. The molecular formula is C8H17N7. The second-order valence-electron chi connectivity index (χ2n) is 3.02. The monoisotopic (exact) mass is 211 g/mol. The van der Waals surface area contributed by atoms with Crippen molar-refractivity contribution in [1.82, 2.24) is 25.9 Å². The molecule has 1 rings (SSSR count). The van der Waals surface area contributed by atoms with Crippen molar-refractivity contribution in [2.45, 2.75) is 26.3 Å². The van der Waals surface area contributed by atoms with Crippen molar-refractivity contribution in [3.8, 4) is 0 Å². The lowest BCUT2D eigenvalue weighted by atomic mass is 10.3. The van der Waals surface area contributed by atoms with Crippen LogP contribution < -0.4 is 16.6 Å². The molecule has 0 unspecified atom stereocenters. The van der Waals surface area contributed by atoms with Crippen molar-refractivity contribution in [3.05, 3.63) is 12.2 Å². The van der Waals surface area contributed by atoms with Crippen LogP contribution in [0.3, 0.4) is 0 Å². The summed E-state index contributed by atoms with van der Waals surface area (Å²) in [5.41, 5.74) is 2.50. The first kappa shape index (κ1) is 11.4. The Morgan fingerprint density at radius 1 is 1.67 bits per heavy atom. The van der Waals surface area contributed by atoms with Gasteiger partial charge in [0.1, 0.15) is 18.7 Å². The number of nitrogens with two attached hydrogens (primary N) is 1. The molecular weight excluding hydrogens is 194 g/mol. The predicted octanol–water partition coefficient (Wildman–Crippen LogP) is -0.486. The number of aromatic amines is 1. The van der Waals surface area contributed by atoms with E-state index in [0.29, 0.717) is 18.3 Å². The molecule has 0 bridgehead atoms. The molecule has 0 aliphatic rings. The smallest absolute Gasteiger partial charge is 0.206 e. The van der Waals surface area contributed by atoms with E-state index in [1.165, 1.54) is 6.33 Å². The highest BCUT2D eigenvalue weighted by atomic mass is 15.3. The number of aromatic nitrogens is 3. The number of rotatable bonds is 5. The Balaban J connectivity index is 2.33. The summed E-state index contributed by atoms with van der Waals surface area (Å²) in [5.74, 6) is 6.58. The molecule has 0 radical (unpaired) electrons. The standard InChI is InChI=1S/C8H17N7/c1-2-3-4-10-8(14-9)11-5-7-12-6-13-15-7/h6H,2-5,9H2,1H3,(H2,10,11,14)(H,12,13,15). The molecule has 7 heteroatoms. The van der Waals surface area contributed by atoms with Crippen molar-refractivity contribution in [3.63, 3.8) is 0 Å². The second kappa shape index (κ2) is 6.77. The van der Waals surface area contributed by atoms with Crippen LogP contribution in [0.1, 0.15) is 25.6 Å². The SMILES string of the molecule is CCCCNC(=NCc1ncn[nH]1)NN. The molecule has 5 N–H and O–H groups in total. The first-order valence-electron chi connectivity index (χ1n) is 4.96. The van der Waals surface area contributed by atoms with Gasteiger partial charge in [-0.25, -0.2) is 15.8 Å². The average Bonchev–Trinajstić information content (AvgIpc) is 2.76. The second-order valence-corrected chi connectivity index (χ2v) is 3.02. The molecule has 7 nitrogen and oxygen atoms in total. The molecule has 0 saturated heterocycles. The zero-order chi connectivity index (χ0) is 10.9. The first-order chi connectivity index (χ1) is 7.36. The van der Waals surface area contributed by atoms with E-state index < -0.39 is 0 Å². The Labute approximate surface area is 88.5 Å². The van der Waals surface area contributed by atoms with Gasteiger partial charge in [0.25, 0.3) is 0 Å². The van der Waals surface area contributed by atoms with Gasteiger partial charge >= 0.3 is 0 Å². The Kier molecular flexibility index (Phi) is 5.16. The number of hydrogen-bond acceptors (Lipinski definition) is 4. The number of hydrogen-bond donors (Lipinski definition) is 4. The summed E-state index contributed by atoms with van der Waals surface area (Å²) in [6, 6.07) is 0. The fraction of sp³-hybridized carbons (Fsp3) is 0.625. The number of nitrogens with zero attached hydrogens (tertiary/aromatic N) is 3. The highest BCUT2D eigenvalue weighted by molar-refractivity contribution is 5.79. The molecule has 1 heterocycles. The fourth-order valence-electron chi connectivity index (χ4n) is 0.997. The molecule has 0 spiro atoms. The Morgan fingerprint density at radius 3 is 3.13 bits per heavy atom. The third-order valence-corrected chi connectivity index (χ3v) is 1.81. The van der Waals surface area contributed by atoms with E-state index in [1.54, 1.807) is 0 Å². The predicted molar refractivity (Wildman–Crippen MR) is 57.8 cm³/mol. The maximum Gasteiger partial charge on any atom is 0.206 e. The molecule has 0 aromatic carbocycles. The molecule has 0 atom stereocenters. The van der Waals surface area contributed by atoms with E-state index in [4.69, 9.17) is 5.84 Å². The van der Waals surface area contributed by atoms with Crippen LogP contribution in [-0.2, 0) is 6.54 Å². The summed E-state index contributed by atoms with van der Waals surface area (Å²) in [5, 5.41) is 9.53. The average molecular weight is 211 g/mol. The molecule has 0 amide bonds. The first-order valence-corrected chi connectivity index (χ1v) is 4.96. The topological polar surface area (TPSA) is 104 Å². The van der Waals surface area contributed by atoms with Gasteiger partial charge in [0.15, 0.2) is 0 Å². The highest BCUT2D eigenvalue weighted by Gasteiger charge is 1.96. The Morgan fingerprint density at radius 2 is 2.53 bits per heavy atom. The summed E-state index contributed by atoms with van der Waals surface area (Å²) in [6.07, 6.45) is 3.67. The molecule has 0 fully saturated rings. The fourth-order valence-corrected chi connectivity index (χ4v) is 0.997. The zero-order valence-electron chi connectivity index (χ0n) is 8.82. The number of hydrazine groups is 1. The largest absolute Gasteiger partial charge is 0.355 e. The lowest BCUT2D eigenvalue weighted by Gasteiger charge is -2.07. The van der Waals surface area contributed by atoms with Crippen LogP contribution in [0.4, 0.5) is 0 Å². The van der Waals surface area contributed by atoms with Crippen LogP contribution in [0, 0.1) is 0 Å². The molecule has 84 valence electrons. The normalized spacial score (nSPS) is 11.5. The molecule has 1 aromatic rings. The Hall–Kier alpha value is -1.63. The van der Waals surface area contributed by atoms with E-state index in [-0.39, 0.29) is 0 Å². The number of guanidine groups is 1. The number of H-pyrrole nitrogens is 1. The van der Waals surface area contributed by atoms with Crippen LogP contribution in [0.2, 0.25) is 0 Å². The van der Waals surface area contributed by atoms with Crippen LogP contribution >= 0.6 is 0 Å². The number of nitrogens with one attached hydrogen (secondary N) is 3. The third-order valence-electron chi connectivity index (χ3n) is 1.81. The van der Waals surface area contributed by atoms with Crippen molar-refractivity contribution in [2.24, 2.45) is 10.8 Å². The van der Waals surface area contributed by atoms with Crippen molar-refractivity contribution in [1.29, 1.82) is 0 Å². The van der Waals surface area contributed by atoms with Gasteiger partial charge in [-0.1, -0.05) is 13.3 Å². The lowest BCUT2D eigenvalue weighted by Crippen LogP contribution is -2.42. The summed E-state index contributed by atoms with van der Waals surface area (Å²) >= 11 is 0. The van der Waals surface area contributed by atoms with Crippen molar-refractivity contribution < 1.29 is 0 Å². The van der Waals surface area contributed by atoms with E-state index in [0.717, 1.165) is 19.4 Å². The van der Waals surface area contributed by atoms with Crippen LogP contribution in [0.15, 0.2) is 11.3 Å². The van der Waals surface area contributed by atoms with E-state index >= 15 is 0 Å². The molecule has 1 aromatic heterocycles. The van der Waals surface area contributed by atoms with Gasteiger partial charge < -0.3 is 5.32 Å². The van der Waals surface area contributed by atoms with Crippen molar-refractivity contribution in [2.75, 3.05) is 6.54 Å². The highest BCUT2D eigenvalue weighted by Crippen LogP contribution is 1.88. The van der Waals surface area contributed by atoms with Crippen LogP contribution in [-0.4, -0.2) is 27.7 Å². The van der Waals surface area contributed by atoms with Gasteiger partial charge in [-0.05, 0) is 6.42 Å². The maximum absolute atomic E-state index is 5.30. The maximum atomic E-state index is 5.30. The minimum absolute atomic E-state index is 0.429. The lowest BCUT2D eigenvalue weighted by molar-refractivity contribution is 0.730. The van der Waals surface area contributed by atoms with E-state index in [2.05, 4.69) is 37.8 Å². The van der Waals surface area contributed by atoms with E-state index in [9.17, 15) is 0 Å². The third kappa shape index (κ3) is 4.41.